The molecule has 1 N–H and O–H groups in total. The lowest BCUT2D eigenvalue weighted by Crippen LogP contribution is -2.45. The third-order valence-corrected chi connectivity index (χ3v) is 4.24. The number of hydrogen-bond acceptors (Lipinski definition) is 2. The summed E-state index contributed by atoms with van der Waals surface area (Å²) in [6.07, 6.45) is 2.08. The average Bonchev–Trinajstić information content (AvgIpc) is 2.44. The summed E-state index contributed by atoms with van der Waals surface area (Å²) >= 11 is 5.95. The lowest BCUT2D eigenvalue weighted by Gasteiger charge is -2.36. The van der Waals surface area contributed by atoms with E-state index in [1.54, 1.807) is 6.07 Å². The highest BCUT2D eigenvalue weighted by molar-refractivity contribution is 6.30. The van der Waals surface area contributed by atoms with Crippen molar-refractivity contribution in [2.45, 2.75) is 32.7 Å². The second-order valence-corrected chi connectivity index (χ2v) is 6.32. The molecule has 1 saturated heterocycles. The van der Waals surface area contributed by atoms with Crippen LogP contribution < -0.4 is 5.32 Å². The molecule has 1 atom stereocenters. The smallest absolute Gasteiger partial charge is 0.146 e. The molecule has 0 radical (unpaired) electrons. The Kier molecular flexibility index (Phi) is 10.6. The molecule has 0 amide bonds. The Balaban J connectivity index is 0.00000220. The Morgan fingerprint density at radius 2 is 1.82 bits per heavy atom. The van der Waals surface area contributed by atoms with Gasteiger partial charge in [-0.25, -0.2) is 4.39 Å². The highest BCUT2D eigenvalue weighted by Gasteiger charge is 2.25. The van der Waals surface area contributed by atoms with Gasteiger partial charge in [-0.1, -0.05) is 37.6 Å². The molecule has 128 valence electrons. The molecule has 0 bridgehead atoms. The molecule has 0 aromatic heterocycles. The minimum atomic E-state index is -0.249. The first kappa shape index (κ1) is 21.9. The molecule has 1 heterocycles. The molecule has 22 heavy (non-hydrogen) atoms. The van der Waals surface area contributed by atoms with E-state index in [0.717, 1.165) is 44.6 Å². The highest BCUT2D eigenvalue weighted by atomic mass is 35.5. The van der Waals surface area contributed by atoms with E-state index >= 15 is 0 Å². The fourth-order valence-corrected chi connectivity index (χ4v) is 2.98. The summed E-state index contributed by atoms with van der Waals surface area (Å²) in [5, 5.41) is 3.58. The summed E-state index contributed by atoms with van der Waals surface area (Å²) in [5.41, 5.74) is 0.750. The number of nitrogens with one attached hydrogen (secondary N) is 1. The van der Waals surface area contributed by atoms with Gasteiger partial charge in [-0.05, 0) is 24.8 Å². The molecule has 0 saturated carbocycles. The molecule has 1 aromatic rings. The van der Waals surface area contributed by atoms with Crippen molar-refractivity contribution in [1.29, 1.82) is 0 Å². The van der Waals surface area contributed by atoms with Crippen molar-refractivity contribution in [3.63, 3.8) is 0 Å². The van der Waals surface area contributed by atoms with Gasteiger partial charge >= 0.3 is 0 Å². The maximum absolute atomic E-state index is 14.4. The number of benzene rings is 1. The van der Waals surface area contributed by atoms with Crippen molar-refractivity contribution in [1.82, 2.24) is 10.2 Å². The number of rotatable bonds is 5. The molecule has 0 aliphatic carbocycles. The van der Waals surface area contributed by atoms with Crippen LogP contribution in [0.2, 0.25) is 5.02 Å². The van der Waals surface area contributed by atoms with Gasteiger partial charge in [0.25, 0.3) is 0 Å². The SMILES string of the molecule is CC(C)CC[C@@H](c1cccc(Cl)c1F)N1CCNCC1.Cl.Cl. The lowest BCUT2D eigenvalue weighted by molar-refractivity contribution is 0.156. The van der Waals surface area contributed by atoms with Crippen LogP contribution in [0.15, 0.2) is 18.2 Å². The average molecular weight is 372 g/mol. The first-order valence-electron chi connectivity index (χ1n) is 7.48. The summed E-state index contributed by atoms with van der Waals surface area (Å²) in [6.45, 7) is 8.30. The number of halogens is 4. The van der Waals surface area contributed by atoms with E-state index in [4.69, 9.17) is 11.6 Å². The quantitative estimate of drug-likeness (QED) is 0.806. The molecular formula is C16H26Cl3FN2. The normalized spacial score (nSPS) is 16.8. The molecule has 1 fully saturated rings. The van der Waals surface area contributed by atoms with Gasteiger partial charge in [-0.15, -0.1) is 24.8 Å². The van der Waals surface area contributed by atoms with Gasteiger partial charge in [0, 0.05) is 37.8 Å². The second kappa shape index (κ2) is 10.7. The fraction of sp³-hybridized carbons (Fsp3) is 0.625. The summed E-state index contributed by atoms with van der Waals surface area (Å²) in [6, 6.07) is 5.50. The van der Waals surface area contributed by atoms with Crippen LogP contribution in [0.4, 0.5) is 4.39 Å². The monoisotopic (exact) mass is 370 g/mol. The summed E-state index contributed by atoms with van der Waals surface area (Å²) < 4.78 is 14.4. The van der Waals surface area contributed by atoms with Crippen molar-refractivity contribution < 1.29 is 4.39 Å². The van der Waals surface area contributed by atoms with Crippen molar-refractivity contribution in [3.05, 3.63) is 34.6 Å². The summed E-state index contributed by atoms with van der Waals surface area (Å²) in [5.74, 6) is 0.379. The Morgan fingerprint density at radius 3 is 2.41 bits per heavy atom. The van der Waals surface area contributed by atoms with E-state index in [0.29, 0.717) is 5.92 Å². The van der Waals surface area contributed by atoms with Crippen molar-refractivity contribution in [3.8, 4) is 0 Å². The number of piperazine rings is 1. The van der Waals surface area contributed by atoms with Crippen LogP contribution in [0.25, 0.3) is 0 Å². The van der Waals surface area contributed by atoms with Crippen molar-refractivity contribution in [2.75, 3.05) is 26.2 Å². The zero-order valence-corrected chi connectivity index (χ0v) is 15.5. The first-order valence-corrected chi connectivity index (χ1v) is 7.86. The Bertz CT molecular complexity index is 437. The Morgan fingerprint density at radius 1 is 1.18 bits per heavy atom. The summed E-state index contributed by atoms with van der Waals surface area (Å²) in [7, 11) is 0. The maximum atomic E-state index is 14.4. The maximum Gasteiger partial charge on any atom is 0.146 e. The zero-order chi connectivity index (χ0) is 14.5. The van der Waals surface area contributed by atoms with Crippen molar-refractivity contribution in [2.24, 2.45) is 5.92 Å². The minimum absolute atomic E-state index is 0. The van der Waals surface area contributed by atoms with Crippen LogP contribution in [0.3, 0.4) is 0 Å². The van der Waals surface area contributed by atoms with Gasteiger partial charge in [0.05, 0.1) is 5.02 Å². The van der Waals surface area contributed by atoms with Gasteiger partial charge in [0.2, 0.25) is 0 Å². The predicted molar refractivity (Wildman–Crippen MR) is 97.2 cm³/mol. The van der Waals surface area contributed by atoms with E-state index in [1.165, 1.54) is 0 Å². The molecule has 2 rings (SSSR count). The molecule has 2 nitrogen and oxygen atoms in total. The third kappa shape index (κ3) is 5.86. The molecular weight excluding hydrogens is 346 g/mol. The van der Waals surface area contributed by atoms with E-state index in [2.05, 4.69) is 24.1 Å². The topological polar surface area (TPSA) is 15.3 Å². The minimum Gasteiger partial charge on any atom is -0.314 e. The van der Waals surface area contributed by atoms with Gasteiger partial charge < -0.3 is 5.32 Å². The standard InChI is InChI=1S/C16H24ClFN2.2ClH/c1-12(2)6-7-15(20-10-8-19-9-11-20)13-4-3-5-14(17)16(13)18;;/h3-5,12,15,19H,6-11H2,1-2H3;2*1H/t15-;;/m0../s1. The van der Waals surface area contributed by atoms with E-state index in [1.807, 2.05) is 12.1 Å². The highest BCUT2D eigenvalue weighted by Crippen LogP contribution is 2.32. The second-order valence-electron chi connectivity index (χ2n) is 5.92. The van der Waals surface area contributed by atoms with Crippen LogP contribution in [0.5, 0.6) is 0 Å². The molecule has 1 aliphatic heterocycles. The predicted octanol–water partition coefficient (Wildman–Crippen LogP) is 4.71. The van der Waals surface area contributed by atoms with Crippen LogP contribution in [0, 0.1) is 11.7 Å². The molecule has 0 spiro atoms. The van der Waals surface area contributed by atoms with E-state index < -0.39 is 0 Å². The fourth-order valence-electron chi connectivity index (χ4n) is 2.80. The first-order chi connectivity index (χ1) is 9.59. The van der Waals surface area contributed by atoms with Crippen molar-refractivity contribution >= 4 is 36.4 Å². The zero-order valence-electron chi connectivity index (χ0n) is 13.1. The molecule has 1 aliphatic rings. The lowest BCUT2D eigenvalue weighted by atomic mass is 9.95. The van der Waals surface area contributed by atoms with E-state index in [-0.39, 0.29) is 41.7 Å². The Labute approximate surface area is 150 Å². The number of nitrogens with zero attached hydrogens (tertiary/aromatic N) is 1. The summed E-state index contributed by atoms with van der Waals surface area (Å²) in [4.78, 5) is 2.38. The van der Waals surface area contributed by atoms with Gasteiger partial charge in [0.15, 0.2) is 0 Å². The van der Waals surface area contributed by atoms with Crippen LogP contribution in [0.1, 0.15) is 38.3 Å². The molecule has 1 aromatic carbocycles. The third-order valence-electron chi connectivity index (χ3n) is 3.95. The number of hydrogen-bond donors (Lipinski definition) is 1. The van der Waals surface area contributed by atoms with Gasteiger partial charge in [-0.3, -0.25) is 4.90 Å². The van der Waals surface area contributed by atoms with Crippen LogP contribution >= 0.6 is 36.4 Å². The van der Waals surface area contributed by atoms with Gasteiger partial charge in [-0.2, -0.15) is 0 Å². The molecule has 0 unspecified atom stereocenters. The van der Waals surface area contributed by atoms with E-state index in [9.17, 15) is 4.39 Å². The van der Waals surface area contributed by atoms with Crippen LogP contribution in [-0.2, 0) is 0 Å². The molecule has 6 heteroatoms. The van der Waals surface area contributed by atoms with Gasteiger partial charge in [0.1, 0.15) is 5.82 Å². The van der Waals surface area contributed by atoms with Crippen LogP contribution in [-0.4, -0.2) is 31.1 Å². The Hall–Kier alpha value is -0.0600. The largest absolute Gasteiger partial charge is 0.314 e.